The number of hydrogen-bond acceptors (Lipinski definition) is 1. The molecule has 0 spiro atoms. The molecule has 122 valence electrons. The maximum Gasteiger partial charge on any atom is 0.0125 e. The zero-order valence-electron chi connectivity index (χ0n) is 14.8. The van der Waals surface area contributed by atoms with Gasteiger partial charge in [-0.3, -0.25) is 0 Å². The number of nitrogens with two attached hydrogens (primary N) is 1. The molecule has 0 heterocycles. The van der Waals surface area contributed by atoms with Crippen molar-refractivity contribution in [2.75, 3.05) is 0 Å². The van der Waals surface area contributed by atoms with Crippen LogP contribution >= 0.6 is 0 Å². The van der Waals surface area contributed by atoms with E-state index in [4.69, 9.17) is 5.73 Å². The summed E-state index contributed by atoms with van der Waals surface area (Å²) < 4.78 is 0. The maximum absolute atomic E-state index is 6.33. The summed E-state index contributed by atoms with van der Waals surface area (Å²) in [4.78, 5) is 0. The van der Waals surface area contributed by atoms with Gasteiger partial charge >= 0.3 is 0 Å². The molecular weight excluding hydrogens is 254 g/mol. The van der Waals surface area contributed by atoms with Gasteiger partial charge in [0, 0.05) is 5.54 Å². The Morgan fingerprint density at radius 3 is 1.52 bits per heavy atom. The van der Waals surface area contributed by atoms with Crippen molar-refractivity contribution >= 4 is 0 Å². The zero-order valence-corrected chi connectivity index (χ0v) is 14.8. The van der Waals surface area contributed by atoms with Gasteiger partial charge in [-0.25, -0.2) is 0 Å². The first kappa shape index (κ1) is 17.1. The van der Waals surface area contributed by atoms with E-state index in [1.54, 1.807) is 0 Å². The van der Waals surface area contributed by atoms with Crippen LogP contribution in [0.1, 0.15) is 79.1 Å². The molecule has 2 N–H and O–H groups in total. The Morgan fingerprint density at radius 2 is 1.14 bits per heavy atom. The molecule has 2 fully saturated rings. The second-order valence-electron chi connectivity index (χ2n) is 9.04. The van der Waals surface area contributed by atoms with Crippen LogP contribution in [0, 0.1) is 29.1 Å². The molecular formula is C20H37N. The number of hydrogen-bond donors (Lipinski definition) is 1. The Balaban J connectivity index is 1.91. The lowest BCUT2D eigenvalue weighted by Gasteiger charge is -2.48. The second-order valence-corrected chi connectivity index (χ2v) is 9.04. The SMILES string of the molecule is C=CC1CCC(C(C)(C)C2CCC(C(C)(C)N)CC2)CC1. The topological polar surface area (TPSA) is 26.0 Å². The average Bonchev–Trinajstić information content (AvgIpc) is 2.46. The number of allylic oxidation sites excluding steroid dienone is 1. The van der Waals surface area contributed by atoms with Crippen LogP contribution in [-0.2, 0) is 0 Å². The van der Waals surface area contributed by atoms with Gasteiger partial charge in [0.1, 0.15) is 0 Å². The van der Waals surface area contributed by atoms with E-state index in [1.165, 1.54) is 51.4 Å². The minimum absolute atomic E-state index is 0.0110. The van der Waals surface area contributed by atoms with E-state index < -0.39 is 0 Å². The third-order valence-electron chi connectivity index (χ3n) is 6.99. The first-order valence-electron chi connectivity index (χ1n) is 9.16. The summed E-state index contributed by atoms with van der Waals surface area (Å²) in [5.41, 5.74) is 6.85. The van der Waals surface area contributed by atoms with Crippen molar-refractivity contribution in [1.29, 1.82) is 0 Å². The molecule has 2 aliphatic carbocycles. The summed E-state index contributed by atoms with van der Waals surface area (Å²) in [6.07, 6.45) is 13.2. The summed E-state index contributed by atoms with van der Waals surface area (Å²) in [6, 6.07) is 0. The van der Waals surface area contributed by atoms with E-state index in [9.17, 15) is 0 Å². The van der Waals surface area contributed by atoms with Gasteiger partial charge < -0.3 is 5.73 Å². The van der Waals surface area contributed by atoms with Crippen molar-refractivity contribution in [2.45, 2.75) is 84.6 Å². The fourth-order valence-electron chi connectivity index (χ4n) is 5.01. The van der Waals surface area contributed by atoms with Gasteiger partial charge in [-0.1, -0.05) is 19.9 Å². The molecule has 1 heteroatoms. The Labute approximate surface area is 132 Å². The molecule has 0 aliphatic heterocycles. The molecule has 0 aromatic rings. The monoisotopic (exact) mass is 291 g/mol. The molecule has 0 saturated heterocycles. The lowest BCUT2D eigenvalue weighted by Crippen LogP contribution is -2.45. The van der Waals surface area contributed by atoms with Crippen molar-refractivity contribution in [2.24, 2.45) is 34.8 Å². The van der Waals surface area contributed by atoms with Crippen molar-refractivity contribution in [3.05, 3.63) is 12.7 Å². The van der Waals surface area contributed by atoms with Crippen LogP contribution in [0.5, 0.6) is 0 Å². The maximum atomic E-state index is 6.33. The minimum atomic E-state index is 0.0110. The van der Waals surface area contributed by atoms with Gasteiger partial charge in [-0.05, 0) is 94.3 Å². The molecule has 0 radical (unpaired) electrons. The van der Waals surface area contributed by atoms with E-state index in [1.807, 2.05) is 0 Å². The van der Waals surface area contributed by atoms with Crippen LogP contribution in [0.15, 0.2) is 12.7 Å². The molecule has 0 aromatic heterocycles. The third kappa shape index (κ3) is 3.92. The molecule has 21 heavy (non-hydrogen) atoms. The average molecular weight is 292 g/mol. The highest BCUT2D eigenvalue weighted by atomic mass is 14.7. The third-order valence-corrected chi connectivity index (χ3v) is 6.99. The quantitative estimate of drug-likeness (QED) is 0.675. The molecule has 0 unspecified atom stereocenters. The highest BCUT2D eigenvalue weighted by Crippen LogP contribution is 2.50. The number of rotatable bonds is 4. The van der Waals surface area contributed by atoms with Crippen molar-refractivity contribution in [3.63, 3.8) is 0 Å². The summed E-state index contributed by atoms with van der Waals surface area (Å²) in [6.45, 7) is 13.5. The molecule has 0 amide bonds. The zero-order chi connectivity index (χ0) is 15.7. The molecule has 2 rings (SSSR count). The summed E-state index contributed by atoms with van der Waals surface area (Å²) in [7, 11) is 0. The predicted molar refractivity (Wildman–Crippen MR) is 93.1 cm³/mol. The highest BCUT2D eigenvalue weighted by molar-refractivity contribution is 4.95. The van der Waals surface area contributed by atoms with Crippen molar-refractivity contribution < 1.29 is 0 Å². The fraction of sp³-hybridized carbons (Fsp3) is 0.900. The summed E-state index contributed by atoms with van der Waals surface area (Å²) in [5.74, 6) is 3.33. The molecule has 2 aliphatic rings. The Kier molecular flexibility index (Phi) is 5.23. The van der Waals surface area contributed by atoms with Crippen LogP contribution in [0.3, 0.4) is 0 Å². The van der Waals surface area contributed by atoms with Crippen LogP contribution in [0.2, 0.25) is 0 Å². The molecule has 0 bridgehead atoms. The van der Waals surface area contributed by atoms with Gasteiger partial charge in [-0.2, -0.15) is 0 Å². The van der Waals surface area contributed by atoms with E-state index >= 15 is 0 Å². The Morgan fingerprint density at radius 1 is 0.762 bits per heavy atom. The Hall–Kier alpha value is -0.300. The first-order chi connectivity index (χ1) is 9.75. The minimum Gasteiger partial charge on any atom is -0.325 e. The van der Waals surface area contributed by atoms with Gasteiger partial charge in [0.15, 0.2) is 0 Å². The van der Waals surface area contributed by atoms with E-state index in [0.29, 0.717) is 5.41 Å². The normalized spacial score (nSPS) is 35.5. The largest absolute Gasteiger partial charge is 0.325 e. The van der Waals surface area contributed by atoms with Crippen LogP contribution < -0.4 is 5.73 Å². The van der Waals surface area contributed by atoms with Gasteiger partial charge in [0.25, 0.3) is 0 Å². The molecule has 0 atom stereocenters. The van der Waals surface area contributed by atoms with Crippen LogP contribution in [-0.4, -0.2) is 5.54 Å². The van der Waals surface area contributed by atoms with Gasteiger partial charge in [0.2, 0.25) is 0 Å². The van der Waals surface area contributed by atoms with Crippen molar-refractivity contribution in [3.8, 4) is 0 Å². The first-order valence-corrected chi connectivity index (χ1v) is 9.16. The van der Waals surface area contributed by atoms with Gasteiger partial charge in [-0.15, -0.1) is 6.58 Å². The highest BCUT2D eigenvalue weighted by Gasteiger charge is 2.41. The second kappa shape index (κ2) is 6.44. The molecule has 0 aromatic carbocycles. The van der Waals surface area contributed by atoms with E-state index in [2.05, 4.69) is 40.3 Å². The van der Waals surface area contributed by atoms with E-state index in [-0.39, 0.29) is 5.54 Å². The summed E-state index contributed by atoms with van der Waals surface area (Å²) >= 11 is 0. The van der Waals surface area contributed by atoms with Crippen LogP contribution in [0.4, 0.5) is 0 Å². The predicted octanol–water partition coefficient (Wildman–Crippen LogP) is 5.55. The Bertz CT molecular complexity index is 333. The van der Waals surface area contributed by atoms with Crippen molar-refractivity contribution in [1.82, 2.24) is 0 Å². The molecule has 2 saturated carbocycles. The van der Waals surface area contributed by atoms with Crippen LogP contribution in [0.25, 0.3) is 0 Å². The lowest BCUT2D eigenvalue weighted by atomic mass is 9.58. The van der Waals surface area contributed by atoms with E-state index in [0.717, 1.165) is 23.7 Å². The lowest BCUT2D eigenvalue weighted by molar-refractivity contribution is 0.0346. The summed E-state index contributed by atoms with van der Waals surface area (Å²) in [5, 5.41) is 0. The smallest absolute Gasteiger partial charge is 0.0125 e. The fourth-order valence-corrected chi connectivity index (χ4v) is 5.01. The molecule has 1 nitrogen and oxygen atoms in total. The standard InChI is InChI=1S/C20H37N/c1-6-15-7-9-16(10-8-15)19(2,3)17-11-13-18(14-12-17)20(4,5)21/h6,15-18H,1,7-14,21H2,2-5H3. The van der Waals surface area contributed by atoms with Gasteiger partial charge in [0.05, 0.1) is 0 Å².